The minimum absolute atomic E-state index is 0.00494. The number of hydrogen-bond donors (Lipinski definition) is 0. The van der Waals surface area contributed by atoms with Gasteiger partial charge in [0, 0.05) is 6.42 Å². The molecule has 0 aromatic carbocycles. The number of unbranched alkanes of at least 4 members (excludes halogenated alkanes) is 18. The van der Waals surface area contributed by atoms with Gasteiger partial charge in [-0.15, -0.1) is 0 Å². The van der Waals surface area contributed by atoms with Gasteiger partial charge in [0.05, 0.1) is 6.61 Å². The third-order valence-corrected chi connectivity index (χ3v) is 6.12. The van der Waals surface area contributed by atoms with E-state index < -0.39 is 0 Å². The largest absolute Gasteiger partial charge is 0.466 e. The van der Waals surface area contributed by atoms with Gasteiger partial charge in [0.15, 0.2) is 0 Å². The number of carbonyl (C=O) groups excluding carboxylic acids is 1. The number of allylic oxidation sites excluding steroid dienone is 4. The van der Waals surface area contributed by atoms with E-state index in [1.54, 1.807) is 0 Å². The van der Waals surface area contributed by atoms with Crippen LogP contribution in [0.1, 0.15) is 155 Å². The molecule has 0 saturated heterocycles. The molecule has 0 N–H and O–H groups in total. The molecule has 0 aliphatic heterocycles. The average molecular weight is 449 g/mol. The van der Waals surface area contributed by atoms with Crippen molar-refractivity contribution in [3.05, 3.63) is 24.3 Å². The van der Waals surface area contributed by atoms with Gasteiger partial charge in [-0.3, -0.25) is 4.79 Å². The van der Waals surface area contributed by atoms with E-state index in [1.165, 1.54) is 116 Å². The van der Waals surface area contributed by atoms with Crippen molar-refractivity contribution in [1.29, 1.82) is 0 Å². The van der Waals surface area contributed by atoms with Crippen LogP contribution in [0.15, 0.2) is 24.3 Å². The molecule has 0 unspecified atom stereocenters. The Balaban J connectivity index is 3.25. The second-order valence-electron chi connectivity index (χ2n) is 9.41. The molecule has 0 aromatic rings. The summed E-state index contributed by atoms with van der Waals surface area (Å²) >= 11 is 0. The van der Waals surface area contributed by atoms with Gasteiger partial charge in [0.1, 0.15) is 0 Å². The van der Waals surface area contributed by atoms with Gasteiger partial charge >= 0.3 is 5.97 Å². The third kappa shape index (κ3) is 27.0. The minimum atomic E-state index is 0.00494. The van der Waals surface area contributed by atoms with E-state index in [4.69, 9.17) is 4.74 Å². The standard InChI is InChI=1S/C30H56O2/c1-3-5-7-9-11-13-15-16-17-18-19-20-22-24-26-28-30(31)32-29-27-25-23-21-14-12-10-8-6-4-2/h13,15-17H,3-12,14,18-29H2,1-2H3/b15-13+,17-16+. The summed E-state index contributed by atoms with van der Waals surface area (Å²) in [6.07, 6.45) is 36.3. The van der Waals surface area contributed by atoms with Crippen molar-refractivity contribution in [2.24, 2.45) is 0 Å². The number of ether oxygens (including phenoxy) is 1. The minimum Gasteiger partial charge on any atom is -0.466 e. The van der Waals surface area contributed by atoms with E-state index in [9.17, 15) is 4.79 Å². The Morgan fingerprint density at radius 3 is 1.47 bits per heavy atom. The van der Waals surface area contributed by atoms with Crippen LogP contribution >= 0.6 is 0 Å². The number of hydrogen-bond acceptors (Lipinski definition) is 2. The summed E-state index contributed by atoms with van der Waals surface area (Å²) in [5, 5.41) is 0. The van der Waals surface area contributed by atoms with Gasteiger partial charge in [0.25, 0.3) is 0 Å². The van der Waals surface area contributed by atoms with E-state index in [-0.39, 0.29) is 5.97 Å². The van der Waals surface area contributed by atoms with Crippen LogP contribution in [-0.2, 0) is 9.53 Å². The van der Waals surface area contributed by atoms with Gasteiger partial charge in [0.2, 0.25) is 0 Å². The molecular weight excluding hydrogens is 392 g/mol. The summed E-state index contributed by atoms with van der Waals surface area (Å²) in [7, 11) is 0. The molecule has 0 rings (SSSR count). The monoisotopic (exact) mass is 448 g/mol. The van der Waals surface area contributed by atoms with Crippen molar-refractivity contribution in [1.82, 2.24) is 0 Å². The predicted octanol–water partition coefficient (Wildman–Crippen LogP) is 10.3. The zero-order valence-electron chi connectivity index (χ0n) is 21.9. The molecule has 0 heterocycles. The van der Waals surface area contributed by atoms with Gasteiger partial charge in [-0.1, -0.05) is 134 Å². The van der Waals surface area contributed by atoms with Crippen molar-refractivity contribution < 1.29 is 9.53 Å². The van der Waals surface area contributed by atoms with Crippen LogP contribution in [0.2, 0.25) is 0 Å². The molecule has 0 aliphatic carbocycles. The zero-order chi connectivity index (χ0) is 23.4. The first-order valence-electron chi connectivity index (χ1n) is 14.3. The van der Waals surface area contributed by atoms with E-state index in [2.05, 4.69) is 38.2 Å². The lowest BCUT2D eigenvalue weighted by Gasteiger charge is -2.05. The highest BCUT2D eigenvalue weighted by Gasteiger charge is 2.02. The molecule has 0 bridgehead atoms. The molecule has 0 spiro atoms. The van der Waals surface area contributed by atoms with Crippen molar-refractivity contribution in [2.75, 3.05) is 6.61 Å². The molecule has 0 fully saturated rings. The van der Waals surface area contributed by atoms with Gasteiger partial charge in [-0.05, 0) is 38.5 Å². The smallest absolute Gasteiger partial charge is 0.305 e. The predicted molar refractivity (Wildman–Crippen MR) is 142 cm³/mol. The maximum absolute atomic E-state index is 11.8. The summed E-state index contributed by atoms with van der Waals surface area (Å²) in [5.74, 6) is 0.00494. The second-order valence-corrected chi connectivity index (χ2v) is 9.41. The topological polar surface area (TPSA) is 26.3 Å². The van der Waals surface area contributed by atoms with E-state index in [1.807, 2.05) is 0 Å². The summed E-state index contributed by atoms with van der Waals surface area (Å²) in [4.78, 5) is 11.8. The number of esters is 1. The quantitative estimate of drug-likeness (QED) is 0.0788. The molecule has 2 nitrogen and oxygen atoms in total. The van der Waals surface area contributed by atoms with E-state index in [0.29, 0.717) is 13.0 Å². The van der Waals surface area contributed by atoms with Crippen LogP contribution in [0.5, 0.6) is 0 Å². The second kappa shape index (κ2) is 28.0. The summed E-state index contributed by atoms with van der Waals surface area (Å²) in [5.41, 5.74) is 0. The Morgan fingerprint density at radius 2 is 0.938 bits per heavy atom. The number of carbonyl (C=O) groups is 1. The highest BCUT2D eigenvalue weighted by molar-refractivity contribution is 5.69. The Kier molecular flexibility index (Phi) is 27.1. The van der Waals surface area contributed by atoms with E-state index in [0.717, 1.165) is 19.3 Å². The zero-order valence-corrected chi connectivity index (χ0v) is 21.9. The molecule has 0 aromatic heterocycles. The summed E-state index contributed by atoms with van der Waals surface area (Å²) in [6.45, 7) is 5.14. The van der Waals surface area contributed by atoms with Crippen molar-refractivity contribution >= 4 is 5.97 Å². The van der Waals surface area contributed by atoms with Gasteiger partial charge in [-0.2, -0.15) is 0 Å². The molecule has 0 amide bonds. The van der Waals surface area contributed by atoms with Crippen molar-refractivity contribution in [3.8, 4) is 0 Å². The van der Waals surface area contributed by atoms with Crippen LogP contribution in [-0.4, -0.2) is 12.6 Å². The van der Waals surface area contributed by atoms with Crippen LogP contribution in [0.25, 0.3) is 0 Å². The lowest BCUT2D eigenvalue weighted by Crippen LogP contribution is -2.05. The Labute approximate surface area is 201 Å². The highest BCUT2D eigenvalue weighted by atomic mass is 16.5. The van der Waals surface area contributed by atoms with E-state index >= 15 is 0 Å². The van der Waals surface area contributed by atoms with Crippen LogP contribution in [0.3, 0.4) is 0 Å². The molecule has 0 atom stereocenters. The molecular formula is C30H56O2. The maximum Gasteiger partial charge on any atom is 0.305 e. The average Bonchev–Trinajstić information content (AvgIpc) is 2.80. The van der Waals surface area contributed by atoms with Gasteiger partial charge < -0.3 is 4.74 Å². The number of rotatable bonds is 25. The molecule has 0 saturated carbocycles. The van der Waals surface area contributed by atoms with Crippen molar-refractivity contribution in [2.45, 2.75) is 155 Å². The molecule has 0 radical (unpaired) electrons. The van der Waals surface area contributed by atoms with Crippen molar-refractivity contribution in [3.63, 3.8) is 0 Å². The lowest BCUT2D eigenvalue weighted by atomic mass is 10.1. The third-order valence-electron chi connectivity index (χ3n) is 6.12. The maximum atomic E-state index is 11.8. The normalized spacial score (nSPS) is 11.7. The molecule has 0 aliphatic rings. The fraction of sp³-hybridized carbons (Fsp3) is 0.833. The molecule has 188 valence electrons. The first-order chi connectivity index (χ1) is 15.8. The fourth-order valence-electron chi connectivity index (χ4n) is 3.95. The SMILES string of the molecule is CCCCCC/C=C/C=C/CCCCCCCC(=O)OCCCCCCCCCCCC. The van der Waals surface area contributed by atoms with Crippen LogP contribution in [0.4, 0.5) is 0 Å². The first-order valence-corrected chi connectivity index (χ1v) is 14.3. The summed E-state index contributed by atoms with van der Waals surface area (Å²) < 4.78 is 5.38. The molecule has 2 heteroatoms. The molecule has 32 heavy (non-hydrogen) atoms. The Morgan fingerprint density at radius 1 is 0.531 bits per heavy atom. The van der Waals surface area contributed by atoms with Crippen LogP contribution in [0, 0.1) is 0 Å². The first kappa shape index (κ1) is 30.9. The lowest BCUT2D eigenvalue weighted by molar-refractivity contribution is -0.143. The fourth-order valence-corrected chi connectivity index (χ4v) is 3.95. The van der Waals surface area contributed by atoms with Crippen LogP contribution < -0.4 is 0 Å². The van der Waals surface area contributed by atoms with Gasteiger partial charge in [-0.25, -0.2) is 0 Å². The summed E-state index contributed by atoms with van der Waals surface area (Å²) in [6, 6.07) is 0. The highest BCUT2D eigenvalue weighted by Crippen LogP contribution is 2.11. The Bertz CT molecular complexity index is 425. The Hall–Kier alpha value is -1.05.